The van der Waals surface area contributed by atoms with Gasteiger partial charge in [-0.2, -0.15) is 0 Å². The third-order valence-corrected chi connectivity index (χ3v) is 3.54. The van der Waals surface area contributed by atoms with E-state index in [9.17, 15) is 19.8 Å². The summed E-state index contributed by atoms with van der Waals surface area (Å²) in [5, 5.41) is 59.5. The highest BCUT2D eigenvalue weighted by Crippen LogP contribution is 2.03. The summed E-state index contributed by atoms with van der Waals surface area (Å²) in [7, 11) is 0. The van der Waals surface area contributed by atoms with Gasteiger partial charge in [0, 0.05) is 0 Å². The van der Waals surface area contributed by atoms with Gasteiger partial charge in [-0.05, 0) is 12.1 Å². The van der Waals surface area contributed by atoms with E-state index in [1.165, 1.54) is 18.2 Å². The molecule has 1 aromatic heterocycles. The van der Waals surface area contributed by atoms with E-state index in [4.69, 9.17) is 20.4 Å². The van der Waals surface area contributed by atoms with Gasteiger partial charge in [0.05, 0.1) is 50.7 Å². The minimum Gasteiger partial charge on any atom is -0.394 e. The molecule has 0 fully saturated rings. The highest BCUT2D eigenvalue weighted by atomic mass is 16.3. The van der Waals surface area contributed by atoms with Crippen LogP contribution in [0.3, 0.4) is 0 Å². The number of aliphatic hydroxyl groups is 6. The molecule has 0 aliphatic heterocycles. The third kappa shape index (κ3) is 5.98. The maximum Gasteiger partial charge on any atom is 0.270 e. The van der Waals surface area contributed by atoms with Crippen molar-refractivity contribution in [2.24, 2.45) is 0 Å². The lowest BCUT2D eigenvalue weighted by Crippen LogP contribution is -2.48. The van der Waals surface area contributed by atoms with Crippen LogP contribution in [0.1, 0.15) is 21.0 Å². The van der Waals surface area contributed by atoms with Crippen LogP contribution in [0.25, 0.3) is 0 Å². The Balaban J connectivity index is 2.86. The molecule has 0 bridgehead atoms. The molecule has 146 valence electrons. The summed E-state index contributed by atoms with van der Waals surface area (Å²) >= 11 is 0. The first-order valence-electron chi connectivity index (χ1n) is 7.76. The van der Waals surface area contributed by atoms with E-state index >= 15 is 0 Å². The number of carbonyl (C=O) groups is 2. The fourth-order valence-corrected chi connectivity index (χ4v) is 1.95. The maximum atomic E-state index is 12.1. The zero-order chi connectivity index (χ0) is 19.7. The van der Waals surface area contributed by atoms with Crippen molar-refractivity contribution in [3.8, 4) is 0 Å². The number of hydrogen-bond donors (Lipinski definition) is 8. The number of amides is 2. The number of pyridine rings is 1. The molecule has 0 aliphatic carbocycles. The fraction of sp³-hybridized carbons (Fsp3) is 0.533. The van der Waals surface area contributed by atoms with Gasteiger partial charge in [0.25, 0.3) is 11.8 Å². The van der Waals surface area contributed by atoms with Crippen molar-refractivity contribution in [3.63, 3.8) is 0 Å². The Morgan fingerprint density at radius 1 is 0.808 bits per heavy atom. The lowest BCUT2D eigenvalue weighted by atomic mass is 10.1. The first-order valence-corrected chi connectivity index (χ1v) is 7.76. The zero-order valence-corrected chi connectivity index (χ0v) is 13.8. The van der Waals surface area contributed by atoms with Crippen LogP contribution < -0.4 is 10.6 Å². The Labute approximate surface area is 148 Å². The molecule has 0 aliphatic rings. The monoisotopic (exact) mass is 373 g/mol. The molecule has 8 N–H and O–H groups in total. The minimum absolute atomic E-state index is 0.190. The third-order valence-electron chi connectivity index (χ3n) is 3.54. The second-order valence-electron chi connectivity index (χ2n) is 5.43. The Morgan fingerprint density at radius 3 is 1.50 bits per heavy atom. The lowest BCUT2D eigenvalue weighted by molar-refractivity contribution is 0.0384. The smallest absolute Gasteiger partial charge is 0.270 e. The molecule has 26 heavy (non-hydrogen) atoms. The van der Waals surface area contributed by atoms with Gasteiger partial charge in [-0.15, -0.1) is 0 Å². The Bertz CT molecular complexity index is 553. The first-order chi connectivity index (χ1) is 12.4. The van der Waals surface area contributed by atoms with Crippen molar-refractivity contribution < 1.29 is 40.2 Å². The van der Waals surface area contributed by atoms with E-state index in [0.717, 1.165) is 0 Å². The van der Waals surface area contributed by atoms with Gasteiger partial charge in [-0.3, -0.25) is 9.59 Å². The molecule has 4 unspecified atom stereocenters. The quantitative estimate of drug-likeness (QED) is 0.202. The van der Waals surface area contributed by atoms with Crippen molar-refractivity contribution >= 4 is 11.8 Å². The van der Waals surface area contributed by atoms with Crippen molar-refractivity contribution in [1.82, 2.24) is 15.6 Å². The first kappa shape index (κ1) is 21.9. The van der Waals surface area contributed by atoms with E-state index in [0.29, 0.717) is 0 Å². The number of nitrogens with zero attached hydrogens (tertiary/aromatic N) is 1. The molecule has 0 radical (unpaired) electrons. The second kappa shape index (κ2) is 10.8. The Kier molecular flexibility index (Phi) is 9.05. The van der Waals surface area contributed by atoms with Crippen LogP contribution >= 0.6 is 0 Å². The number of aliphatic hydroxyl groups excluding tert-OH is 6. The van der Waals surface area contributed by atoms with Gasteiger partial charge in [0.1, 0.15) is 11.4 Å². The Morgan fingerprint density at radius 2 is 1.19 bits per heavy atom. The van der Waals surface area contributed by atoms with Gasteiger partial charge in [0.2, 0.25) is 0 Å². The highest BCUT2D eigenvalue weighted by Gasteiger charge is 2.23. The average molecular weight is 373 g/mol. The van der Waals surface area contributed by atoms with Crippen LogP contribution in [-0.2, 0) is 0 Å². The van der Waals surface area contributed by atoms with Gasteiger partial charge in [0.15, 0.2) is 0 Å². The van der Waals surface area contributed by atoms with Crippen molar-refractivity contribution in [2.75, 3.05) is 26.4 Å². The molecule has 2 amide bonds. The number of rotatable bonds is 10. The second-order valence-corrected chi connectivity index (χ2v) is 5.43. The van der Waals surface area contributed by atoms with Crippen molar-refractivity contribution in [1.29, 1.82) is 0 Å². The molecule has 4 atom stereocenters. The topological polar surface area (TPSA) is 192 Å². The molecule has 1 rings (SSSR count). The predicted octanol–water partition coefficient (Wildman–Crippen LogP) is -4.03. The SMILES string of the molecule is O=C(NC(CO)C(O)CO)c1cccc(C(=O)NC(CO)C(O)CO)n1. The van der Waals surface area contributed by atoms with Crippen LogP contribution in [0.4, 0.5) is 0 Å². The van der Waals surface area contributed by atoms with Crippen LogP contribution in [0, 0.1) is 0 Å². The Hall–Kier alpha value is -2.15. The molecule has 11 nitrogen and oxygen atoms in total. The largest absolute Gasteiger partial charge is 0.394 e. The molecule has 1 aromatic rings. The van der Waals surface area contributed by atoms with E-state index in [2.05, 4.69) is 15.6 Å². The molecule has 1 heterocycles. The molecular formula is C15H23N3O8. The summed E-state index contributed by atoms with van der Waals surface area (Å²) in [5.74, 6) is -1.58. The summed E-state index contributed by atoms with van der Waals surface area (Å²) in [6, 6.07) is 1.70. The number of aromatic nitrogens is 1. The van der Waals surface area contributed by atoms with E-state index < -0.39 is 62.5 Å². The van der Waals surface area contributed by atoms with Gasteiger partial charge in [-0.25, -0.2) is 4.98 Å². The molecule has 0 aromatic carbocycles. The van der Waals surface area contributed by atoms with Gasteiger partial charge >= 0.3 is 0 Å². The van der Waals surface area contributed by atoms with Crippen molar-refractivity contribution in [2.45, 2.75) is 24.3 Å². The standard InChI is InChI=1S/C15H23N3O8/c19-4-10(12(23)6-21)17-14(25)8-2-1-3-9(16-8)15(26)18-11(5-20)13(24)7-22/h1-3,10-13,19-24H,4-7H2,(H,17,25)(H,18,26). The average Bonchev–Trinajstić information content (AvgIpc) is 2.68. The predicted molar refractivity (Wildman–Crippen MR) is 87.1 cm³/mol. The molecule has 11 heteroatoms. The normalized spacial score (nSPS) is 15.6. The molecular weight excluding hydrogens is 350 g/mol. The highest BCUT2D eigenvalue weighted by molar-refractivity contribution is 5.96. The maximum absolute atomic E-state index is 12.1. The van der Waals surface area contributed by atoms with E-state index in [1.54, 1.807) is 0 Å². The lowest BCUT2D eigenvalue weighted by Gasteiger charge is -2.21. The summed E-state index contributed by atoms with van der Waals surface area (Å²) in [5.41, 5.74) is -0.381. The van der Waals surface area contributed by atoms with E-state index in [1.807, 2.05) is 0 Å². The summed E-state index contributed by atoms with van der Waals surface area (Å²) in [6.45, 7) is -2.58. The summed E-state index contributed by atoms with van der Waals surface area (Å²) in [6.07, 6.45) is -2.75. The minimum atomic E-state index is -1.37. The molecule has 0 saturated heterocycles. The van der Waals surface area contributed by atoms with Gasteiger partial charge < -0.3 is 41.3 Å². The van der Waals surface area contributed by atoms with Gasteiger partial charge in [-0.1, -0.05) is 6.07 Å². The fourth-order valence-electron chi connectivity index (χ4n) is 1.95. The summed E-state index contributed by atoms with van der Waals surface area (Å²) < 4.78 is 0. The number of carbonyl (C=O) groups excluding carboxylic acids is 2. The zero-order valence-electron chi connectivity index (χ0n) is 13.8. The van der Waals surface area contributed by atoms with Crippen LogP contribution in [0.5, 0.6) is 0 Å². The summed E-state index contributed by atoms with van der Waals surface area (Å²) in [4.78, 5) is 28.1. The molecule has 0 spiro atoms. The number of hydrogen-bond acceptors (Lipinski definition) is 9. The van der Waals surface area contributed by atoms with Crippen LogP contribution in [-0.4, -0.2) is 98.2 Å². The van der Waals surface area contributed by atoms with Crippen molar-refractivity contribution in [3.05, 3.63) is 29.6 Å². The number of nitrogens with one attached hydrogen (secondary N) is 2. The van der Waals surface area contributed by atoms with Crippen LogP contribution in [0.2, 0.25) is 0 Å². The van der Waals surface area contributed by atoms with Crippen LogP contribution in [0.15, 0.2) is 18.2 Å². The molecule has 0 saturated carbocycles. The van der Waals surface area contributed by atoms with E-state index in [-0.39, 0.29) is 11.4 Å².